The zero-order valence-corrected chi connectivity index (χ0v) is 10.4. The fourth-order valence-electron chi connectivity index (χ4n) is 2.23. The van der Waals surface area contributed by atoms with Crippen LogP contribution in [0.5, 0.6) is 0 Å². The minimum Gasteiger partial charge on any atom is -0.469 e. The van der Waals surface area contributed by atoms with Crippen molar-refractivity contribution in [3.05, 3.63) is 30.1 Å². The van der Waals surface area contributed by atoms with E-state index in [1.54, 1.807) is 6.20 Å². The van der Waals surface area contributed by atoms with Crippen molar-refractivity contribution >= 4 is 5.97 Å². The lowest BCUT2D eigenvalue weighted by atomic mass is 9.62. The average Bonchev–Trinajstić information content (AvgIpc) is 2.27. The maximum Gasteiger partial charge on any atom is 0.312 e. The van der Waals surface area contributed by atoms with Crippen LogP contribution in [0.3, 0.4) is 0 Å². The summed E-state index contributed by atoms with van der Waals surface area (Å²) in [5.41, 5.74) is -0.128. The summed E-state index contributed by atoms with van der Waals surface area (Å²) in [6, 6.07) is 5.73. The van der Waals surface area contributed by atoms with Crippen LogP contribution in [0.2, 0.25) is 0 Å². The number of methoxy groups -OCH3 is 1. The number of hydrogen-bond acceptors (Lipinski definition) is 4. The summed E-state index contributed by atoms with van der Waals surface area (Å²) in [4.78, 5) is 16.3. The number of ether oxygens (including phenoxy) is 2. The smallest absolute Gasteiger partial charge is 0.312 e. The van der Waals surface area contributed by atoms with Gasteiger partial charge in [0.05, 0.1) is 36.8 Å². The lowest BCUT2D eigenvalue weighted by Crippen LogP contribution is -2.60. The van der Waals surface area contributed by atoms with E-state index in [1.165, 1.54) is 7.11 Å². The van der Waals surface area contributed by atoms with Crippen molar-refractivity contribution in [1.29, 1.82) is 0 Å². The highest BCUT2D eigenvalue weighted by atomic mass is 16.5. The maximum absolute atomic E-state index is 11.9. The van der Waals surface area contributed by atoms with Crippen LogP contribution < -0.4 is 0 Å². The zero-order valence-electron chi connectivity index (χ0n) is 10.4. The van der Waals surface area contributed by atoms with E-state index in [9.17, 15) is 4.79 Å². The van der Waals surface area contributed by atoms with Crippen molar-refractivity contribution in [3.8, 4) is 0 Å². The Kier molecular flexibility index (Phi) is 2.91. The van der Waals surface area contributed by atoms with Gasteiger partial charge in [-0.3, -0.25) is 9.78 Å². The third kappa shape index (κ3) is 1.63. The molecule has 0 N–H and O–H groups in total. The quantitative estimate of drug-likeness (QED) is 0.746. The van der Waals surface area contributed by atoms with Crippen LogP contribution in [0, 0.1) is 5.41 Å². The zero-order chi connectivity index (χ0) is 12.5. The standard InChI is InChI=1S/C13H17NO3/c1-12(2,11(15)16-3)13(8-17-9-13)10-6-4-5-7-14-10/h4-7H,8-9H2,1-3H3. The second-order valence-corrected chi connectivity index (χ2v) is 4.91. The highest BCUT2D eigenvalue weighted by Crippen LogP contribution is 2.47. The SMILES string of the molecule is COC(=O)C(C)(C)C1(c2ccccn2)COC1. The molecule has 2 heterocycles. The number of esters is 1. The molecule has 4 heteroatoms. The Morgan fingerprint density at radius 2 is 2.18 bits per heavy atom. The van der Waals surface area contributed by atoms with E-state index in [4.69, 9.17) is 9.47 Å². The van der Waals surface area contributed by atoms with Crippen LogP contribution in [0.4, 0.5) is 0 Å². The van der Waals surface area contributed by atoms with Crippen LogP contribution in [0.25, 0.3) is 0 Å². The highest BCUT2D eigenvalue weighted by Gasteiger charge is 2.57. The fourth-order valence-corrected chi connectivity index (χ4v) is 2.23. The number of carbonyl (C=O) groups excluding carboxylic acids is 1. The number of rotatable bonds is 3. The minimum atomic E-state index is -0.644. The molecule has 0 bridgehead atoms. The molecule has 0 unspecified atom stereocenters. The molecular weight excluding hydrogens is 218 g/mol. The van der Waals surface area contributed by atoms with Gasteiger partial charge in [0.25, 0.3) is 0 Å². The largest absolute Gasteiger partial charge is 0.469 e. The molecule has 17 heavy (non-hydrogen) atoms. The molecule has 0 atom stereocenters. The molecule has 92 valence electrons. The van der Waals surface area contributed by atoms with Gasteiger partial charge in [0, 0.05) is 6.20 Å². The molecule has 1 saturated heterocycles. The van der Waals surface area contributed by atoms with Crippen LogP contribution in [0.1, 0.15) is 19.5 Å². The van der Waals surface area contributed by atoms with E-state index in [1.807, 2.05) is 32.0 Å². The average molecular weight is 235 g/mol. The number of nitrogens with zero attached hydrogens (tertiary/aromatic N) is 1. The fraction of sp³-hybridized carbons (Fsp3) is 0.538. The van der Waals surface area contributed by atoms with Gasteiger partial charge < -0.3 is 9.47 Å². The van der Waals surface area contributed by atoms with E-state index >= 15 is 0 Å². The Hall–Kier alpha value is -1.42. The first kappa shape index (κ1) is 12.0. The Morgan fingerprint density at radius 3 is 2.59 bits per heavy atom. The first-order chi connectivity index (χ1) is 8.04. The predicted octanol–water partition coefficient (Wildman–Crippen LogP) is 1.55. The molecule has 1 fully saturated rings. The van der Waals surface area contributed by atoms with Crippen molar-refractivity contribution in [2.45, 2.75) is 19.3 Å². The van der Waals surface area contributed by atoms with Gasteiger partial charge in [-0.25, -0.2) is 0 Å². The minimum absolute atomic E-state index is 0.230. The van der Waals surface area contributed by atoms with E-state index < -0.39 is 5.41 Å². The predicted molar refractivity (Wildman–Crippen MR) is 62.5 cm³/mol. The maximum atomic E-state index is 11.9. The van der Waals surface area contributed by atoms with E-state index in [0.717, 1.165) is 5.69 Å². The van der Waals surface area contributed by atoms with Gasteiger partial charge in [0.1, 0.15) is 0 Å². The molecule has 0 aromatic carbocycles. The molecular formula is C13H17NO3. The van der Waals surface area contributed by atoms with Crippen molar-refractivity contribution in [2.75, 3.05) is 20.3 Å². The summed E-state index contributed by atoms with van der Waals surface area (Å²) in [6.45, 7) is 4.78. The van der Waals surface area contributed by atoms with E-state index in [0.29, 0.717) is 13.2 Å². The Labute approximate surface area is 101 Å². The van der Waals surface area contributed by atoms with E-state index in [-0.39, 0.29) is 11.4 Å². The summed E-state index contributed by atoms with van der Waals surface area (Å²) < 4.78 is 10.2. The monoisotopic (exact) mass is 235 g/mol. The van der Waals surface area contributed by atoms with Gasteiger partial charge in [0.2, 0.25) is 0 Å². The molecule has 0 radical (unpaired) electrons. The topological polar surface area (TPSA) is 48.4 Å². The van der Waals surface area contributed by atoms with Crippen LogP contribution >= 0.6 is 0 Å². The van der Waals surface area contributed by atoms with Gasteiger partial charge in [-0.05, 0) is 26.0 Å². The molecule has 0 amide bonds. The second-order valence-electron chi connectivity index (χ2n) is 4.91. The lowest BCUT2D eigenvalue weighted by Gasteiger charge is -2.49. The molecule has 1 aliphatic rings. The van der Waals surface area contributed by atoms with Crippen LogP contribution in [-0.2, 0) is 19.7 Å². The van der Waals surface area contributed by atoms with Crippen molar-refractivity contribution in [1.82, 2.24) is 4.98 Å². The van der Waals surface area contributed by atoms with Gasteiger partial charge in [-0.1, -0.05) is 6.07 Å². The van der Waals surface area contributed by atoms with Gasteiger partial charge in [-0.2, -0.15) is 0 Å². The summed E-state index contributed by atoms with van der Waals surface area (Å²) >= 11 is 0. The molecule has 2 rings (SSSR count). The Balaban J connectivity index is 2.42. The van der Waals surface area contributed by atoms with Crippen LogP contribution in [-0.4, -0.2) is 31.3 Å². The lowest BCUT2D eigenvalue weighted by molar-refractivity contribution is -0.175. The first-order valence-corrected chi connectivity index (χ1v) is 5.62. The summed E-state index contributed by atoms with van der Waals surface area (Å²) in [7, 11) is 1.41. The number of carbonyl (C=O) groups is 1. The third-order valence-electron chi connectivity index (χ3n) is 3.74. The third-order valence-corrected chi connectivity index (χ3v) is 3.74. The second kappa shape index (κ2) is 4.11. The van der Waals surface area contributed by atoms with Crippen molar-refractivity contribution < 1.29 is 14.3 Å². The van der Waals surface area contributed by atoms with Crippen LogP contribution in [0.15, 0.2) is 24.4 Å². The number of aromatic nitrogens is 1. The molecule has 1 aromatic heterocycles. The molecule has 4 nitrogen and oxygen atoms in total. The van der Waals surface area contributed by atoms with Crippen molar-refractivity contribution in [3.63, 3.8) is 0 Å². The first-order valence-electron chi connectivity index (χ1n) is 5.62. The molecule has 1 aromatic rings. The van der Waals surface area contributed by atoms with Gasteiger partial charge in [-0.15, -0.1) is 0 Å². The number of hydrogen-bond donors (Lipinski definition) is 0. The summed E-state index contributed by atoms with van der Waals surface area (Å²) in [5, 5.41) is 0. The van der Waals surface area contributed by atoms with E-state index in [2.05, 4.69) is 4.98 Å². The van der Waals surface area contributed by atoms with Gasteiger partial charge in [0.15, 0.2) is 0 Å². The highest BCUT2D eigenvalue weighted by molar-refractivity contribution is 5.78. The van der Waals surface area contributed by atoms with Crippen molar-refractivity contribution in [2.24, 2.45) is 5.41 Å². The Bertz CT molecular complexity index is 410. The molecule has 1 aliphatic heterocycles. The Morgan fingerprint density at radius 1 is 1.47 bits per heavy atom. The normalized spacial score (nSPS) is 18.3. The number of pyridine rings is 1. The van der Waals surface area contributed by atoms with Gasteiger partial charge >= 0.3 is 5.97 Å². The summed E-state index contributed by atoms with van der Waals surface area (Å²) in [5.74, 6) is -0.230. The molecule has 0 spiro atoms. The molecule has 0 aliphatic carbocycles. The molecule has 0 saturated carbocycles. The summed E-state index contributed by atoms with van der Waals surface area (Å²) in [6.07, 6.45) is 1.74.